The van der Waals surface area contributed by atoms with Gasteiger partial charge in [0.15, 0.2) is 0 Å². The molecule has 1 aromatic carbocycles. The van der Waals surface area contributed by atoms with Gasteiger partial charge in [0, 0.05) is 29.5 Å². The molecule has 1 aliphatic rings. The van der Waals surface area contributed by atoms with E-state index in [1.807, 2.05) is 29.2 Å². The third-order valence-corrected chi connectivity index (χ3v) is 5.64. The van der Waals surface area contributed by atoms with Crippen molar-refractivity contribution in [1.29, 1.82) is 0 Å². The summed E-state index contributed by atoms with van der Waals surface area (Å²) in [6.07, 6.45) is 2.63. The van der Waals surface area contributed by atoms with Gasteiger partial charge in [0.2, 0.25) is 0 Å². The van der Waals surface area contributed by atoms with Crippen molar-refractivity contribution in [3.63, 3.8) is 0 Å². The standard InChI is InChI=1S/C16H20N2OS2/c1-19-10-14-15(9-17-12-7-8-12)21-16(18-14)11-20-13-5-3-2-4-6-13/h2-6,12,17H,7-11H2,1H3. The second kappa shape index (κ2) is 7.40. The van der Waals surface area contributed by atoms with Gasteiger partial charge in [-0.15, -0.1) is 23.1 Å². The molecular weight excluding hydrogens is 300 g/mol. The summed E-state index contributed by atoms with van der Waals surface area (Å²) < 4.78 is 5.28. The molecule has 5 heteroatoms. The lowest BCUT2D eigenvalue weighted by atomic mass is 10.3. The highest BCUT2D eigenvalue weighted by molar-refractivity contribution is 7.98. The van der Waals surface area contributed by atoms with E-state index >= 15 is 0 Å². The molecule has 0 atom stereocenters. The van der Waals surface area contributed by atoms with Crippen molar-refractivity contribution < 1.29 is 4.74 Å². The first-order chi connectivity index (χ1) is 10.3. The van der Waals surface area contributed by atoms with Gasteiger partial charge in [-0.1, -0.05) is 18.2 Å². The summed E-state index contributed by atoms with van der Waals surface area (Å²) in [5, 5.41) is 4.75. The molecule has 1 heterocycles. The minimum atomic E-state index is 0.605. The van der Waals surface area contributed by atoms with Crippen molar-refractivity contribution >= 4 is 23.1 Å². The summed E-state index contributed by atoms with van der Waals surface area (Å²) >= 11 is 3.65. The predicted octanol–water partition coefficient (Wildman–Crippen LogP) is 3.83. The fourth-order valence-corrected chi connectivity index (χ4v) is 4.01. The zero-order valence-corrected chi connectivity index (χ0v) is 13.8. The highest BCUT2D eigenvalue weighted by Crippen LogP contribution is 2.28. The SMILES string of the molecule is COCc1nc(CSc2ccccc2)sc1CNC1CC1. The van der Waals surface area contributed by atoms with Crippen molar-refractivity contribution in [3.05, 3.63) is 45.9 Å². The second-order valence-corrected chi connectivity index (χ2v) is 7.38. The van der Waals surface area contributed by atoms with Crippen LogP contribution in [0.15, 0.2) is 35.2 Å². The normalized spacial score (nSPS) is 14.5. The van der Waals surface area contributed by atoms with Gasteiger partial charge in [-0.25, -0.2) is 4.98 Å². The van der Waals surface area contributed by atoms with Gasteiger partial charge in [0.1, 0.15) is 5.01 Å². The highest BCUT2D eigenvalue weighted by Gasteiger charge is 2.21. The summed E-state index contributed by atoms with van der Waals surface area (Å²) in [5.41, 5.74) is 1.10. The minimum absolute atomic E-state index is 0.605. The zero-order valence-electron chi connectivity index (χ0n) is 12.2. The molecule has 1 saturated carbocycles. The smallest absolute Gasteiger partial charge is 0.104 e. The van der Waals surface area contributed by atoms with E-state index in [2.05, 4.69) is 29.6 Å². The Bertz CT molecular complexity index is 567. The summed E-state index contributed by atoms with van der Waals surface area (Å²) in [4.78, 5) is 7.36. The van der Waals surface area contributed by atoms with Gasteiger partial charge in [-0.3, -0.25) is 0 Å². The molecular formula is C16H20N2OS2. The van der Waals surface area contributed by atoms with Crippen molar-refractivity contribution in [2.45, 2.75) is 42.7 Å². The van der Waals surface area contributed by atoms with Crippen molar-refractivity contribution in [2.24, 2.45) is 0 Å². The van der Waals surface area contributed by atoms with E-state index in [0.717, 1.165) is 24.0 Å². The maximum atomic E-state index is 5.28. The maximum Gasteiger partial charge on any atom is 0.104 e. The molecule has 0 spiro atoms. The van der Waals surface area contributed by atoms with Gasteiger partial charge < -0.3 is 10.1 Å². The number of thiazole rings is 1. The number of hydrogen-bond donors (Lipinski definition) is 1. The van der Waals surface area contributed by atoms with Gasteiger partial charge in [0.25, 0.3) is 0 Å². The van der Waals surface area contributed by atoms with Gasteiger partial charge >= 0.3 is 0 Å². The topological polar surface area (TPSA) is 34.1 Å². The average Bonchev–Trinajstić information content (AvgIpc) is 3.26. The van der Waals surface area contributed by atoms with Crippen LogP contribution in [0.5, 0.6) is 0 Å². The van der Waals surface area contributed by atoms with Crippen LogP contribution in [-0.4, -0.2) is 18.1 Å². The van der Waals surface area contributed by atoms with E-state index in [4.69, 9.17) is 9.72 Å². The molecule has 3 nitrogen and oxygen atoms in total. The van der Waals surface area contributed by atoms with E-state index in [9.17, 15) is 0 Å². The van der Waals surface area contributed by atoms with Gasteiger partial charge in [-0.05, 0) is 25.0 Å². The van der Waals surface area contributed by atoms with E-state index < -0.39 is 0 Å². The molecule has 0 radical (unpaired) electrons. The molecule has 2 aromatic rings. The van der Waals surface area contributed by atoms with Crippen LogP contribution in [0.25, 0.3) is 0 Å². The Morgan fingerprint density at radius 1 is 1.33 bits per heavy atom. The Morgan fingerprint density at radius 2 is 2.14 bits per heavy atom. The molecule has 112 valence electrons. The van der Waals surface area contributed by atoms with E-state index in [-0.39, 0.29) is 0 Å². The average molecular weight is 320 g/mol. The van der Waals surface area contributed by atoms with Crippen LogP contribution in [0.3, 0.4) is 0 Å². The molecule has 1 aliphatic carbocycles. The lowest BCUT2D eigenvalue weighted by Gasteiger charge is -2.02. The fourth-order valence-electron chi connectivity index (χ4n) is 2.07. The molecule has 0 bridgehead atoms. The molecule has 3 rings (SSSR count). The molecule has 1 aromatic heterocycles. The number of ether oxygens (including phenoxy) is 1. The number of hydrogen-bond acceptors (Lipinski definition) is 5. The van der Waals surface area contributed by atoms with Crippen molar-refractivity contribution in [1.82, 2.24) is 10.3 Å². The van der Waals surface area contributed by atoms with Crippen molar-refractivity contribution in [2.75, 3.05) is 7.11 Å². The second-order valence-electron chi connectivity index (χ2n) is 5.17. The Balaban J connectivity index is 1.62. The summed E-state index contributed by atoms with van der Waals surface area (Å²) in [5.74, 6) is 0.925. The van der Waals surface area contributed by atoms with Crippen LogP contribution < -0.4 is 5.32 Å². The number of methoxy groups -OCH3 is 1. The fraction of sp³-hybridized carbons (Fsp3) is 0.438. The number of nitrogens with zero attached hydrogens (tertiary/aromatic N) is 1. The molecule has 0 saturated heterocycles. The van der Waals surface area contributed by atoms with E-state index in [1.165, 1.54) is 27.6 Å². The number of rotatable bonds is 8. The van der Waals surface area contributed by atoms with Gasteiger partial charge in [0.05, 0.1) is 18.1 Å². The minimum Gasteiger partial charge on any atom is -0.378 e. The highest BCUT2D eigenvalue weighted by atomic mass is 32.2. The van der Waals surface area contributed by atoms with Gasteiger partial charge in [-0.2, -0.15) is 0 Å². The first-order valence-electron chi connectivity index (χ1n) is 7.23. The summed E-state index contributed by atoms with van der Waals surface area (Å²) in [6, 6.07) is 11.2. The summed E-state index contributed by atoms with van der Waals surface area (Å²) in [7, 11) is 1.73. The Labute approximate surface area is 134 Å². The van der Waals surface area contributed by atoms with Crippen LogP contribution in [0.1, 0.15) is 28.4 Å². The predicted molar refractivity (Wildman–Crippen MR) is 88.7 cm³/mol. The number of nitrogens with one attached hydrogen (secondary N) is 1. The molecule has 1 N–H and O–H groups in total. The monoisotopic (exact) mass is 320 g/mol. The van der Waals surface area contributed by atoms with E-state index in [1.54, 1.807) is 7.11 Å². The molecule has 1 fully saturated rings. The third-order valence-electron chi connectivity index (χ3n) is 3.34. The van der Waals surface area contributed by atoms with E-state index in [0.29, 0.717) is 6.61 Å². The quantitative estimate of drug-likeness (QED) is 0.750. The Hall–Kier alpha value is -0.880. The van der Waals surface area contributed by atoms with Crippen LogP contribution in [0.4, 0.5) is 0 Å². The van der Waals surface area contributed by atoms with Crippen molar-refractivity contribution in [3.8, 4) is 0 Å². The molecule has 0 amide bonds. The number of aromatic nitrogens is 1. The largest absolute Gasteiger partial charge is 0.378 e. The molecule has 0 aliphatic heterocycles. The number of benzene rings is 1. The Kier molecular flexibility index (Phi) is 5.30. The van der Waals surface area contributed by atoms with Crippen LogP contribution >= 0.6 is 23.1 Å². The lowest BCUT2D eigenvalue weighted by molar-refractivity contribution is 0.181. The van der Waals surface area contributed by atoms with Crippen LogP contribution in [-0.2, 0) is 23.6 Å². The number of thioether (sulfide) groups is 1. The first-order valence-corrected chi connectivity index (χ1v) is 9.03. The first kappa shape index (κ1) is 15.0. The maximum absolute atomic E-state index is 5.28. The van der Waals surface area contributed by atoms with Crippen LogP contribution in [0.2, 0.25) is 0 Å². The van der Waals surface area contributed by atoms with Crippen LogP contribution in [0, 0.1) is 0 Å². The summed E-state index contributed by atoms with van der Waals surface area (Å²) in [6.45, 7) is 1.53. The Morgan fingerprint density at radius 3 is 2.86 bits per heavy atom. The molecule has 0 unspecified atom stereocenters. The third kappa shape index (κ3) is 4.54. The lowest BCUT2D eigenvalue weighted by Crippen LogP contribution is -2.15. The zero-order chi connectivity index (χ0) is 14.5. The molecule has 21 heavy (non-hydrogen) atoms.